The van der Waals surface area contributed by atoms with Crippen molar-refractivity contribution in [2.75, 3.05) is 0 Å². The average Bonchev–Trinajstić information content (AvgIpc) is 4.34. The van der Waals surface area contributed by atoms with Gasteiger partial charge in [0.05, 0.1) is 5.52 Å². The fourth-order valence-electron chi connectivity index (χ4n) is 5.37. The van der Waals surface area contributed by atoms with Crippen molar-refractivity contribution in [2.45, 2.75) is 96.4 Å². The average molecular weight is 1760 g/mol. The van der Waals surface area contributed by atoms with Crippen molar-refractivity contribution in [1.29, 1.82) is 0 Å². The van der Waals surface area contributed by atoms with Gasteiger partial charge in [-0.25, -0.2) is 14.7 Å². The molecule has 0 fully saturated rings. The smallest absolute Gasteiger partial charge is 0.749 e. The van der Waals surface area contributed by atoms with E-state index in [-0.39, 0.29) is 84.3 Å². The zero-order chi connectivity index (χ0) is 56.8. The fraction of sp³-hybridized carbons (Fsp3) is 0.233. The number of rotatable bonds is 4. The minimum atomic E-state index is 0. The SMILES string of the molecule is CC.CC.CC.CC.CC.Cc1nnc2ccccn12.Cc1nnc2n1C=CC2.[CH-]=Cc1ccc[n-]1.[CH-]=Cn1[c-]ccc1.[CH-]=Cn1[c-]ccn1.[CH-]=Cn1[c-]nnc1C.[W+2].[W+2].[W+2].[W+2].c1ccn2cccc2c1.c1cnn2cccc2c1. The minimum Gasteiger partial charge on any atom is -0.749 e. The first-order chi connectivity index (χ1) is 37.3. The molecule has 1 aliphatic heterocycles. The molecule has 0 amide bonds. The Bertz CT molecular complexity index is 2890. The Hall–Kier alpha value is -6.43. The number of hydrogen-bond acceptors (Lipinski definition) is 8. The number of aromatic nitrogens is 16. The summed E-state index contributed by atoms with van der Waals surface area (Å²) in [6, 6.07) is 33.1. The molecule has 1 aliphatic rings. The first-order valence-corrected chi connectivity index (χ1v) is 25.1. The van der Waals surface area contributed by atoms with Crippen LogP contribution in [0.3, 0.4) is 0 Å². The minimum absolute atomic E-state index is 0. The molecule has 0 aromatic carbocycles. The van der Waals surface area contributed by atoms with Gasteiger partial charge in [0, 0.05) is 61.3 Å². The summed E-state index contributed by atoms with van der Waals surface area (Å²) in [6.45, 7) is 46.0. The summed E-state index contributed by atoms with van der Waals surface area (Å²) in [7, 11) is 0. The van der Waals surface area contributed by atoms with Gasteiger partial charge in [0.15, 0.2) is 5.65 Å². The zero-order valence-corrected chi connectivity index (χ0v) is 59.9. The van der Waals surface area contributed by atoms with Crippen LogP contribution >= 0.6 is 0 Å². The normalized spacial score (nSPS) is 8.76. The van der Waals surface area contributed by atoms with E-state index in [9.17, 15) is 0 Å². The van der Waals surface area contributed by atoms with Gasteiger partial charge in [0.1, 0.15) is 17.5 Å². The molecule has 0 spiro atoms. The van der Waals surface area contributed by atoms with Crippen molar-refractivity contribution >= 4 is 47.6 Å². The van der Waals surface area contributed by atoms with Gasteiger partial charge >= 0.3 is 84.3 Å². The van der Waals surface area contributed by atoms with Crippen molar-refractivity contribution in [3.63, 3.8) is 0 Å². The molecule has 0 saturated heterocycles. The van der Waals surface area contributed by atoms with Gasteiger partial charge in [-0.3, -0.25) is 45.3 Å². The maximum atomic E-state index is 5.12. The molecule has 0 saturated carbocycles. The van der Waals surface area contributed by atoms with Crippen LogP contribution in [0.25, 0.3) is 47.6 Å². The zero-order valence-electron chi connectivity index (χ0n) is 48.2. The molecule has 0 N–H and O–H groups in total. The van der Waals surface area contributed by atoms with Gasteiger partial charge in [-0.1, -0.05) is 113 Å². The van der Waals surface area contributed by atoms with E-state index in [2.05, 4.69) is 87.1 Å². The van der Waals surface area contributed by atoms with E-state index in [1.165, 1.54) is 39.4 Å². The second-order valence-corrected chi connectivity index (χ2v) is 13.1. The van der Waals surface area contributed by atoms with E-state index in [0.717, 1.165) is 46.6 Å². The van der Waals surface area contributed by atoms with Crippen LogP contribution in [0.15, 0.2) is 159 Å². The van der Waals surface area contributed by atoms with Crippen LogP contribution < -0.4 is 4.98 Å². The number of allylic oxidation sites excluding steroid dienone is 1. The molecule has 12 rings (SSSR count). The maximum absolute atomic E-state index is 5.12. The molecule has 16 nitrogen and oxygen atoms in total. The summed E-state index contributed by atoms with van der Waals surface area (Å²) in [4.78, 5) is 3.85. The van der Waals surface area contributed by atoms with E-state index in [4.69, 9.17) is 26.3 Å². The van der Waals surface area contributed by atoms with Crippen LogP contribution in [-0.2, 0) is 90.7 Å². The van der Waals surface area contributed by atoms with Crippen molar-refractivity contribution in [2.24, 2.45) is 0 Å². The van der Waals surface area contributed by atoms with E-state index < -0.39 is 0 Å². The molecule has 0 unspecified atom stereocenters. The second-order valence-electron chi connectivity index (χ2n) is 13.1. The summed E-state index contributed by atoms with van der Waals surface area (Å²) in [5.74, 6) is 3.69. The number of aryl methyl sites for hydroxylation is 3. The van der Waals surface area contributed by atoms with Gasteiger partial charge in [0.25, 0.3) is 0 Å². The predicted octanol–water partition coefficient (Wildman–Crippen LogP) is 13.2. The van der Waals surface area contributed by atoms with Crippen LogP contribution in [-0.4, -0.2) is 72.5 Å². The quantitative estimate of drug-likeness (QED) is 0.157. The Labute approximate surface area is 534 Å². The monoisotopic (exact) mass is 1760 g/mol. The number of pyridine rings is 2. The Kier molecular flexibility index (Phi) is 56.2. The van der Waals surface area contributed by atoms with Gasteiger partial charge in [-0.15, -0.1) is 44.8 Å². The van der Waals surface area contributed by atoms with E-state index in [1.807, 2.05) is 213 Å². The van der Waals surface area contributed by atoms with Gasteiger partial charge < -0.3 is 48.6 Å². The third-order valence-corrected chi connectivity index (χ3v) is 8.65. The molecule has 0 aliphatic carbocycles. The van der Waals surface area contributed by atoms with E-state index in [0.29, 0.717) is 0 Å². The predicted molar refractivity (Wildman–Crippen MR) is 312 cm³/mol. The molecule has 0 atom stereocenters. The third-order valence-electron chi connectivity index (χ3n) is 8.65. The molecular weight excluding hydrogens is 1680 g/mol. The van der Waals surface area contributed by atoms with Crippen LogP contribution in [0.4, 0.5) is 0 Å². The molecule has 11 aromatic heterocycles. The molecule has 11 aromatic rings. The van der Waals surface area contributed by atoms with E-state index >= 15 is 0 Å². The Morgan fingerprint density at radius 1 is 0.537 bits per heavy atom. The summed E-state index contributed by atoms with van der Waals surface area (Å²) in [5.41, 5.74) is 4.12. The molecular formula is C60H76N16W4. The van der Waals surface area contributed by atoms with Crippen LogP contribution in [0.2, 0.25) is 0 Å². The molecule has 12 heterocycles. The van der Waals surface area contributed by atoms with Crippen molar-refractivity contribution in [1.82, 2.24) is 77.5 Å². The summed E-state index contributed by atoms with van der Waals surface area (Å²) < 4.78 is 12.4. The van der Waals surface area contributed by atoms with Crippen LogP contribution in [0, 0.1) is 65.8 Å². The summed E-state index contributed by atoms with van der Waals surface area (Å²) in [6.07, 6.45) is 33.5. The van der Waals surface area contributed by atoms with Crippen LogP contribution in [0.1, 0.15) is 98.2 Å². The van der Waals surface area contributed by atoms with Gasteiger partial charge in [-0.05, 0) is 74.5 Å². The second kappa shape index (κ2) is 54.5. The molecule has 420 valence electrons. The van der Waals surface area contributed by atoms with Crippen molar-refractivity contribution in [3.05, 3.63) is 233 Å². The first kappa shape index (κ1) is 82.4. The van der Waals surface area contributed by atoms with Crippen molar-refractivity contribution in [3.8, 4) is 0 Å². The fourth-order valence-corrected chi connectivity index (χ4v) is 5.37. The Morgan fingerprint density at radius 3 is 1.66 bits per heavy atom. The first-order valence-electron chi connectivity index (χ1n) is 25.1. The largest absolute Gasteiger partial charge is 2.00 e. The van der Waals surface area contributed by atoms with Gasteiger partial charge in [-0.2, -0.15) is 23.4 Å². The molecule has 20 heteroatoms. The summed E-state index contributed by atoms with van der Waals surface area (Å²) in [5, 5.41) is 30.6. The van der Waals surface area contributed by atoms with E-state index in [1.54, 1.807) is 42.2 Å². The number of nitrogens with zero attached hydrogens (tertiary/aromatic N) is 16. The van der Waals surface area contributed by atoms with Crippen LogP contribution in [0.5, 0.6) is 0 Å². The van der Waals surface area contributed by atoms with Gasteiger partial charge in [0.2, 0.25) is 0 Å². The summed E-state index contributed by atoms with van der Waals surface area (Å²) >= 11 is 0. The van der Waals surface area contributed by atoms with Crippen molar-refractivity contribution < 1.29 is 84.3 Å². The standard InChI is InChI=1S/C8H7N.C7H7N3.C7H6N2.C6H7N3.2C6H5N.C5H5N3.C5H4N2.5C2H6.4W/c1-2-6-9-7-3-5-8(9)4-1;1-6-8-9-7-4-2-3-5-10(6)7;1-3-7-4-2-6-9(7)8-5-1;1-5-7-8-6-3-2-4-9(5)6;1-2-7-5-3-4-6-7;1-2-6-4-3-5-7-6;1-3-8-4-6-7-5(8)2;1-2-7-5-3-4-6-7;5*1-2;;;;/h1-7H;2-5H,1H3;1-6H;2,4H,3H2,1H3;2*1-5H;1,3H,2H3;1-4H;5*1-2H3;;;;/q;;;;4*-2;;;;;;4*+2. The molecule has 0 bridgehead atoms. The Balaban J connectivity index is -0.000000261. The maximum Gasteiger partial charge on any atom is 2.00 e. The number of hydrogen-bond donors (Lipinski definition) is 0. The topological polar surface area (TPSA) is 150 Å². The number of fused-ring (bicyclic) bond motifs is 4. The third kappa shape index (κ3) is 32.0. The Morgan fingerprint density at radius 2 is 1.18 bits per heavy atom. The molecule has 0 radical (unpaired) electrons. The molecule has 80 heavy (non-hydrogen) atoms.